The van der Waals surface area contributed by atoms with Crippen LogP contribution in [-0.2, 0) is 4.74 Å². The first-order valence-corrected chi connectivity index (χ1v) is 5.57. The van der Waals surface area contributed by atoms with Gasteiger partial charge >= 0.3 is 0 Å². The summed E-state index contributed by atoms with van der Waals surface area (Å²) in [5.74, 6) is 0.884. The first kappa shape index (κ1) is 11.2. The Kier molecular flexibility index (Phi) is 4.02. The van der Waals surface area contributed by atoms with Crippen LogP contribution in [0.3, 0.4) is 0 Å². The number of benzene rings is 1. The second kappa shape index (κ2) is 5.72. The standard InChI is InChI=1S/C12H18N2O2/c1-15-5-6-16-12-4-2-3-10(7-12)14-11-8-13-9-11/h2-4,7,11,13-14H,5-6,8-9H2,1H3. The fraction of sp³-hybridized carbons (Fsp3) is 0.500. The first-order valence-electron chi connectivity index (χ1n) is 5.57. The topological polar surface area (TPSA) is 42.5 Å². The molecule has 4 nitrogen and oxygen atoms in total. The molecule has 1 aromatic carbocycles. The Balaban J connectivity index is 1.85. The van der Waals surface area contributed by atoms with Crippen LogP contribution in [0.1, 0.15) is 0 Å². The SMILES string of the molecule is COCCOc1cccc(NC2CNC2)c1. The lowest BCUT2D eigenvalue weighted by Crippen LogP contribution is -2.51. The van der Waals surface area contributed by atoms with Crippen molar-refractivity contribution in [2.24, 2.45) is 0 Å². The average Bonchev–Trinajstić information content (AvgIpc) is 2.25. The van der Waals surface area contributed by atoms with Crippen molar-refractivity contribution in [3.63, 3.8) is 0 Å². The van der Waals surface area contributed by atoms with Gasteiger partial charge in [-0.1, -0.05) is 6.07 Å². The van der Waals surface area contributed by atoms with Crippen molar-refractivity contribution in [3.8, 4) is 5.75 Å². The van der Waals surface area contributed by atoms with Gasteiger partial charge in [0.25, 0.3) is 0 Å². The Morgan fingerprint density at radius 1 is 1.38 bits per heavy atom. The lowest BCUT2D eigenvalue weighted by molar-refractivity contribution is 0.146. The molecule has 1 saturated heterocycles. The molecule has 16 heavy (non-hydrogen) atoms. The van der Waals surface area contributed by atoms with Gasteiger partial charge < -0.3 is 20.1 Å². The van der Waals surface area contributed by atoms with E-state index in [1.807, 2.05) is 18.2 Å². The molecule has 1 heterocycles. The molecule has 88 valence electrons. The Morgan fingerprint density at radius 2 is 2.25 bits per heavy atom. The van der Waals surface area contributed by atoms with Gasteiger partial charge in [-0.2, -0.15) is 0 Å². The lowest BCUT2D eigenvalue weighted by Gasteiger charge is -2.29. The zero-order valence-corrected chi connectivity index (χ0v) is 9.53. The van der Waals surface area contributed by atoms with Crippen LogP contribution < -0.4 is 15.4 Å². The molecule has 2 rings (SSSR count). The van der Waals surface area contributed by atoms with Crippen LogP contribution in [0.15, 0.2) is 24.3 Å². The smallest absolute Gasteiger partial charge is 0.121 e. The summed E-state index contributed by atoms with van der Waals surface area (Å²) in [6.45, 7) is 3.28. The molecule has 0 saturated carbocycles. The molecule has 4 heteroatoms. The quantitative estimate of drug-likeness (QED) is 0.707. The van der Waals surface area contributed by atoms with E-state index in [9.17, 15) is 0 Å². The fourth-order valence-corrected chi connectivity index (χ4v) is 1.54. The molecule has 1 aliphatic rings. The van der Waals surface area contributed by atoms with Crippen LogP contribution in [0.5, 0.6) is 5.75 Å². The maximum atomic E-state index is 5.54. The fourth-order valence-electron chi connectivity index (χ4n) is 1.54. The molecule has 0 bridgehead atoms. The molecule has 0 atom stereocenters. The molecule has 0 unspecified atom stereocenters. The summed E-state index contributed by atoms with van der Waals surface area (Å²) >= 11 is 0. The molecule has 2 N–H and O–H groups in total. The van der Waals surface area contributed by atoms with Crippen LogP contribution in [0, 0.1) is 0 Å². The summed E-state index contributed by atoms with van der Waals surface area (Å²) in [5, 5.41) is 6.66. The van der Waals surface area contributed by atoms with Gasteiger partial charge in [0.05, 0.1) is 12.6 Å². The summed E-state index contributed by atoms with van der Waals surface area (Å²) in [7, 11) is 1.67. The number of ether oxygens (including phenoxy) is 2. The molecule has 1 aromatic rings. The van der Waals surface area contributed by atoms with E-state index in [1.165, 1.54) is 0 Å². The van der Waals surface area contributed by atoms with E-state index in [1.54, 1.807) is 7.11 Å². The number of hydrogen-bond donors (Lipinski definition) is 2. The predicted molar refractivity (Wildman–Crippen MR) is 64.1 cm³/mol. The van der Waals surface area contributed by atoms with Crippen molar-refractivity contribution in [1.82, 2.24) is 5.32 Å². The molecular weight excluding hydrogens is 204 g/mol. The van der Waals surface area contributed by atoms with E-state index >= 15 is 0 Å². The Hall–Kier alpha value is -1.26. The Bertz CT molecular complexity index is 327. The molecule has 0 radical (unpaired) electrons. The van der Waals surface area contributed by atoms with Crippen molar-refractivity contribution in [3.05, 3.63) is 24.3 Å². The summed E-state index contributed by atoms with van der Waals surface area (Å²) < 4.78 is 10.5. The van der Waals surface area contributed by atoms with Crippen LogP contribution in [0.25, 0.3) is 0 Å². The van der Waals surface area contributed by atoms with Crippen LogP contribution in [0.4, 0.5) is 5.69 Å². The zero-order chi connectivity index (χ0) is 11.2. The van der Waals surface area contributed by atoms with Gasteiger partial charge in [0.15, 0.2) is 0 Å². The third-order valence-corrected chi connectivity index (χ3v) is 2.54. The largest absolute Gasteiger partial charge is 0.491 e. The molecule has 0 amide bonds. The number of hydrogen-bond acceptors (Lipinski definition) is 4. The van der Waals surface area contributed by atoms with Gasteiger partial charge in [-0.05, 0) is 12.1 Å². The number of anilines is 1. The minimum absolute atomic E-state index is 0.550. The zero-order valence-electron chi connectivity index (χ0n) is 9.53. The third kappa shape index (κ3) is 3.12. The van der Waals surface area contributed by atoms with E-state index in [0.29, 0.717) is 19.3 Å². The molecule has 0 aliphatic carbocycles. The molecule has 1 fully saturated rings. The second-order valence-corrected chi connectivity index (χ2v) is 3.87. The highest BCUT2D eigenvalue weighted by atomic mass is 16.5. The van der Waals surface area contributed by atoms with Gasteiger partial charge in [-0.15, -0.1) is 0 Å². The van der Waals surface area contributed by atoms with Gasteiger partial charge in [0, 0.05) is 32.0 Å². The summed E-state index contributed by atoms with van der Waals surface area (Å²) in [6, 6.07) is 8.58. The van der Waals surface area contributed by atoms with Crippen molar-refractivity contribution in [2.45, 2.75) is 6.04 Å². The minimum Gasteiger partial charge on any atom is -0.491 e. The lowest BCUT2D eigenvalue weighted by atomic mass is 10.1. The molecule has 0 spiro atoms. The molecule has 1 aliphatic heterocycles. The van der Waals surface area contributed by atoms with E-state index in [2.05, 4.69) is 16.7 Å². The average molecular weight is 222 g/mol. The van der Waals surface area contributed by atoms with E-state index in [0.717, 1.165) is 24.5 Å². The van der Waals surface area contributed by atoms with E-state index in [4.69, 9.17) is 9.47 Å². The van der Waals surface area contributed by atoms with Gasteiger partial charge in [-0.25, -0.2) is 0 Å². The van der Waals surface area contributed by atoms with Gasteiger partial charge in [0.1, 0.15) is 12.4 Å². The summed E-state index contributed by atoms with van der Waals surface area (Å²) in [6.07, 6.45) is 0. The van der Waals surface area contributed by atoms with Crippen molar-refractivity contribution in [1.29, 1.82) is 0 Å². The monoisotopic (exact) mass is 222 g/mol. The minimum atomic E-state index is 0.550. The van der Waals surface area contributed by atoms with Crippen molar-refractivity contribution in [2.75, 3.05) is 38.7 Å². The number of methoxy groups -OCH3 is 1. The van der Waals surface area contributed by atoms with E-state index in [-0.39, 0.29) is 0 Å². The van der Waals surface area contributed by atoms with Crippen molar-refractivity contribution < 1.29 is 9.47 Å². The Labute approximate surface area is 95.9 Å². The van der Waals surface area contributed by atoms with Gasteiger partial charge in [0.2, 0.25) is 0 Å². The van der Waals surface area contributed by atoms with E-state index < -0.39 is 0 Å². The van der Waals surface area contributed by atoms with Crippen molar-refractivity contribution >= 4 is 5.69 Å². The van der Waals surface area contributed by atoms with Crippen LogP contribution >= 0.6 is 0 Å². The number of nitrogens with one attached hydrogen (secondary N) is 2. The number of rotatable bonds is 6. The highest BCUT2D eigenvalue weighted by Gasteiger charge is 2.15. The summed E-state index contributed by atoms with van der Waals surface area (Å²) in [5.41, 5.74) is 1.11. The second-order valence-electron chi connectivity index (χ2n) is 3.87. The molecular formula is C12H18N2O2. The van der Waals surface area contributed by atoms with Crippen LogP contribution in [-0.4, -0.2) is 39.5 Å². The summed E-state index contributed by atoms with van der Waals surface area (Å²) in [4.78, 5) is 0. The maximum absolute atomic E-state index is 5.54. The van der Waals surface area contributed by atoms with Crippen LogP contribution in [0.2, 0.25) is 0 Å². The normalized spacial score (nSPS) is 15.6. The molecule has 0 aromatic heterocycles. The third-order valence-electron chi connectivity index (χ3n) is 2.54. The highest BCUT2D eigenvalue weighted by Crippen LogP contribution is 2.18. The Morgan fingerprint density at radius 3 is 2.94 bits per heavy atom. The highest BCUT2D eigenvalue weighted by molar-refractivity contribution is 5.49. The first-order chi connectivity index (χ1) is 7.88. The van der Waals surface area contributed by atoms with Gasteiger partial charge in [-0.3, -0.25) is 0 Å². The predicted octanol–water partition coefficient (Wildman–Crippen LogP) is 1.10. The maximum Gasteiger partial charge on any atom is 0.121 e.